The number of carbonyl (C=O) groups excluding carboxylic acids is 1. The molecule has 1 atom stereocenters. The summed E-state index contributed by atoms with van der Waals surface area (Å²) in [7, 11) is 0. The molecule has 0 N–H and O–H groups in total. The van der Waals surface area contributed by atoms with Crippen LogP contribution < -0.4 is 15.0 Å². The monoisotopic (exact) mass is 495 g/mol. The number of amides is 1. The summed E-state index contributed by atoms with van der Waals surface area (Å²) in [5.41, 5.74) is 1.89. The second-order valence-electron chi connectivity index (χ2n) is 9.34. The summed E-state index contributed by atoms with van der Waals surface area (Å²) in [6.07, 6.45) is 3.74. The molecule has 1 amide bonds. The van der Waals surface area contributed by atoms with Gasteiger partial charge in [-0.1, -0.05) is 6.07 Å². The van der Waals surface area contributed by atoms with Crippen LogP contribution in [0.15, 0.2) is 40.6 Å². The maximum atomic E-state index is 13.3. The number of rotatable bonds is 5. The minimum Gasteiger partial charge on any atom is -0.486 e. The number of hydrogen-bond acceptors (Lipinski definition) is 8. The van der Waals surface area contributed by atoms with Crippen molar-refractivity contribution in [2.24, 2.45) is 0 Å². The molecule has 2 saturated heterocycles. The van der Waals surface area contributed by atoms with Gasteiger partial charge in [0, 0.05) is 56.9 Å². The first-order valence-corrected chi connectivity index (χ1v) is 13.1. The lowest BCUT2D eigenvalue weighted by Crippen LogP contribution is -2.49. The molecular formula is C25H29N5O4S. The van der Waals surface area contributed by atoms with Crippen LogP contribution in [0.1, 0.15) is 30.1 Å². The lowest BCUT2D eigenvalue weighted by atomic mass is 10.0. The van der Waals surface area contributed by atoms with Crippen LogP contribution in [-0.4, -0.2) is 82.5 Å². The van der Waals surface area contributed by atoms with Gasteiger partial charge in [0.15, 0.2) is 16.5 Å². The van der Waals surface area contributed by atoms with Crippen LogP contribution in [0.2, 0.25) is 0 Å². The largest absolute Gasteiger partial charge is 0.486 e. The maximum Gasteiger partial charge on any atom is 0.258 e. The van der Waals surface area contributed by atoms with E-state index >= 15 is 0 Å². The summed E-state index contributed by atoms with van der Waals surface area (Å²) in [5.74, 6) is 1.75. The number of carbonyl (C=O) groups is 1. The van der Waals surface area contributed by atoms with E-state index < -0.39 is 0 Å². The van der Waals surface area contributed by atoms with Gasteiger partial charge in [0.25, 0.3) is 5.56 Å². The van der Waals surface area contributed by atoms with E-state index in [0.29, 0.717) is 26.3 Å². The molecule has 3 aliphatic rings. The van der Waals surface area contributed by atoms with Crippen LogP contribution in [0.5, 0.6) is 11.5 Å². The predicted molar refractivity (Wildman–Crippen MR) is 132 cm³/mol. The van der Waals surface area contributed by atoms with E-state index in [1.807, 2.05) is 22.4 Å². The van der Waals surface area contributed by atoms with Crippen molar-refractivity contribution >= 4 is 22.2 Å². The summed E-state index contributed by atoms with van der Waals surface area (Å²) in [6.45, 7) is 6.39. The van der Waals surface area contributed by atoms with Crippen molar-refractivity contribution < 1.29 is 14.3 Å². The molecule has 0 bridgehead atoms. The van der Waals surface area contributed by atoms with E-state index in [9.17, 15) is 9.59 Å². The third-order valence-corrected chi connectivity index (χ3v) is 7.85. The Morgan fingerprint density at radius 3 is 2.69 bits per heavy atom. The zero-order chi connectivity index (χ0) is 23.8. The van der Waals surface area contributed by atoms with Gasteiger partial charge in [-0.05, 0) is 30.5 Å². The van der Waals surface area contributed by atoms with Crippen molar-refractivity contribution in [3.63, 3.8) is 0 Å². The maximum absolute atomic E-state index is 13.3. The number of nitrogens with zero attached hydrogens (tertiary/aromatic N) is 5. The molecule has 3 aliphatic heterocycles. The second-order valence-corrected chi connectivity index (χ2v) is 10.2. The molecule has 10 heteroatoms. The number of hydrogen-bond donors (Lipinski definition) is 0. The molecule has 184 valence electrons. The summed E-state index contributed by atoms with van der Waals surface area (Å²) in [4.78, 5) is 37.4. The number of likely N-dealkylation sites (tertiary alicyclic amines) is 1. The first-order valence-electron chi connectivity index (χ1n) is 12.2. The lowest BCUT2D eigenvalue weighted by Gasteiger charge is -2.35. The minimum absolute atomic E-state index is 0.0336. The van der Waals surface area contributed by atoms with Crippen LogP contribution in [-0.2, 0) is 11.3 Å². The molecule has 5 heterocycles. The Kier molecular flexibility index (Phi) is 6.17. The Hall–Kier alpha value is -2.95. The number of aromatic nitrogens is 2. The standard InChI is InChI=1S/C25H29N5O4S/c31-23-15-19(26-25-30(23)10-13-35-25)16-27-6-8-28(9-7-27)17-24(32)29-5-1-2-20(29)18-3-4-21-22(14-18)34-12-11-33-21/h3-4,10,13-15,20H,1-2,5-9,11-12,16-17H2/t20-/m0/s1. The molecule has 0 saturated carbocycles. The highest BCUT2D eigenvalue weighted by molar-refractivity contribution is 7.15. The fourth-order valence-electron chi connectivity index (χ4n) is 5.26. The van der Waals surface area contributed by atoms with Gasteiger partial charge >= 0.3 is 0 Å². The number of ether oxygens (including phenoxy) is 2. The van der Waals surface area contributed by atoms with Crippen molar-refractivity contribution in [1.29, 1.82) is 0 Å². The van der Waals surface area contributed by atoms with Crippen LogP contribution in [0, 0.1) is 0 Å². The Labute approximate surface area is 207 Å². The topological polar surface area (TPSA) is 79.6 Å². The zero-order valence-electron chi connectivity index (χ0n) is 19.6. The Morgan fingerprint density at radius 1 is 1.03 bits per heavy atom. The average Bonchev–Trinajstić information content (AvgIpc) is 3.55. The molecule has 0 aliphatic carbocycles. The van der Waals surface area contributed by atoms with E-state index in [1.54, 1.807) is 16.7 Å². The molecule has 35 heavy (non-hydrogen) atoms. The lowest BCUT2D eigenvalue weighted by molar-refractivity contribution is -0.133. The third kappa shape index (κ3) is 4.65. The van der Waals surface area contributed by atoms with E-state index in [4.69, 9.17) is 9.47 Å². The summed E-state index contributed by atoms with van der Waals surface area (Å²) in [6, 6.07) is 7.79. The molecule has 0 spiro atoms. The summed E-state index contributed by atoms with van der Waals surface area (Å²) >= 11 is 1.47. The average molecular weight is 496 g/mol. The van der Waals surface area contributed by atoms with Gasteiger partial charge in [-0.25, -0.2) is 4.98 Å². The Morgan fingerprint density at radius 2 is 1.83 bits per heavy atom. The Balaban J connectivity index is 1.04. The summed E-state index contributed by atoms with van der Waals surface area (Å²) < 4.78 is 13.0. The number of fused-ring (bicyclic) bond motifs is 2. The van der Waals surface area contributed by atoms with Crippen LogP contribution in [0.3, 0.4) is 0 Å². The second kappa shape index (κ2) is 9.60. The van der Waals surface area contributed by atoms with Gasteiger partial charge in [0.1, 0.15) is 13.2 Å². The highest BCUT2D eigenvalue weighted by Gasteiger charge is 2.32. The van der Waals surface area contributed by atoms with Crippen LogP contribution in [0.25, 0.3) is 4.96 Å². The fraction of sp³-hybridized carbons (Fsp3) is 0.480. The van der Waals surface area contributed by atoms with E-state index in [0.717, 1.165) is 73.3 Å². The number of benzene rings is 1. The minimum atomic E-state index is -0.0336. The van der Waals surface area contributed by atoms with Gasteiger partial charge in [0.05, 0.1) is 18.3 Å². The molecule has 1 aromatic carbocycles. The van der Waals surface area contributed by atoms with Crippen molar-refractivity contribution in [1.82, 2.24) is 24.1 Å². The first kappa shape index (κ1) is 22.5. The van der Waals surface area contributed by atoms with Gasteiger partial charge < -0.3 is 14.4 Å². The smallest absolute Gasteiger partial charge is 0.258 e. The first-order chi connectivity index (χ1) is 17.1. The molecular weight excluding hydrogens is 466 g/mol. The van der Waals surface area contributed by atoms with Gasteiger partial charge in [0.2, 0.25) is 5.91 Å². The molecule has 2 fully saturated rings. The third-order valence-electron chi connectivity index (χ3n) is 7.09. The summed E-state index contributed by atoms with van der Waals surface area (Å²) in [5, 5.41) is 1.88. The molecule has 3 aromatic rings. The van der Waals surface area contributed by atoms with E-state index in [1.165, 1.54) is 11.3 Å². The molecule has 0 radical (unpaired) electrons. The number of thiazole rings is 1. The molecule has 2 aromatic heterocycles. The van der Waals surface area contributed by atoms with Crippen LogP contribution in [0.4, 0.5) is 0 Å². The quantitative estimate of drug-likeness (QED) is 0.536. The molecule has 6 rings (SSSR count). The molecule has 9 nitrogen and oxygen atoms in total. The zero-order valence-corrected chi connectivity index (χ0v) is 20.4. The van der Waals surface area contributed by atoms with Gasteiger partial charge in [-0.15, -0.1) is 11.3 Å². The SMILES string of the molecule is O=C(CN1CCN(Cc2cc(=O)n3ccsc3n2)CC1)N1CCC[C@H]1c1ccc2c(c1)OCCO2. The van der Waals surface area contributed by atoms with Crippen LogP contribution >= 0.6 is 11.3 Å². The Bertz CT molecular complexity index is 1280. The predicted octanol–water partition coefficient (Wildman–Crippen LogP) is 2.01. The highest BCUT2D eigenvalue weighted by Crippen LogP contribution is 2.38. The van der Waals surface area contributed by atoms with E-state index in [-0.39, 0.29) is 17.5 Å². The normalized spacial score (nSPS) is 21.0. The van der Waals surface area contributed by atoms with Crippen molar-refractivity contribution in [2.75, 3.05) is 52.5 Å². The van der Waals surface area contributed by atoms with Gasteiger partial charge in [-0.2, -0.15) is 0 Å². The van der Waals surface area contributed by atoms with Crippen molar-refractivity contribution in [3.05, 3.63) is 57.5 Å². The molecule has 0 unspecified atom stereocenters. The highest BCUT2D eigenvalue weighted by atomic mass is 32.1. The van der Waals surface area contributed by atoms with Crippen molar-refractivity contribution in [2.45, 2.75) is 25.4 Å². The fourth-order valence-corrected chi connectivity index (χ4v) is 6.00. The van der Waals surface area contributed by atoms with Gasteiger partial charge in [-0.3, -0.25) is 23.8 Å². The van der Waals surface area contributed by atoms with Crippen molar-refractivity contribution in [3.8, 4) is 11.5 Å². The number of piperazine rings is 1. The van der Waals surface area contributed by atoms with E-state index in [2.05, 4.69) is 20.9 Å².